The quantitative estimate of drug-likeness (QED) is 0.527. The highest BCUT2D eigenvalue weighted by Gasteiger charge is 2.23. The Labute approximate surface area is 184 Å². The van der Waals surface area contributed by atoms with Gasteiger partial charge in [-0.3, -0.25) is 4.90 Å². The number of amidine groups is 2. The van der Waals surface area contributed by atoms with Crippen LogP contribution in [0.3, 0.4) is 0 Å². The summed E-state index contributed by atoms with van der Waals surface area (Å²) in [5.74, 6) is 1.25. The van der Waals surface area contributed by atoms with Crippen LogP contribution in [0.4, 0.5) is 0 Å². The van der Waals surface area contributed by atoms with Gasteiger partial charge in [0, 0.05) is 26.1 Å². The first kappa shape index (κ1) is 23.0. The summed E-state index contributed by atoms with van der Waals surface area (Å²) in [5, 5.41) is 14.5. The molecule has 0 amide bonds. The van der Waals surface area contributed by atoms with Gasteiger partial charge in [-0.1, -0.05) is 18.6 Å². The van der Waals surface area contributed by atoms with Gasteiger partial charge < -0.3 is 15.4 Å². The van der Waals surface area contributed by atoms with E-state index < -0.39 is 10.2 Å². The summed E-state index contributed by atoms with van der Waals surface area (Å²) in [6.07, 6.45) is 5.56. The van der Waals surface area contributed by atoms with Crippen molar-refractivity contribution in [3.63, 3.8) is 0 Å². The van der Waals surface area contributed by atoms with E-state index in [1.165, 1.54) is 24.8 Å². The van der Waals surface area contributed by atoms with Gasteiger partial charge in [0.15, 0.2) is 11.7 Å². The lowest BCUT2D eigenvalue weighted by atomic mass is 10.1. The maximum absolute atomic E-state index is 11.7. The second-order valence-corrected chi connectivity index (χ2v) is 8.89. The molecule has 1 fully saturated rings. The summed E-state index contributed by atoms with van der Waals surface area (Å²) in [5.41, 5.74) is 1.26. The molecule has 1 saturated heterocycles. The van der Waals surface area contributed by atoms with Crippen LogP contribution in [-0.2, 0) is 16.8 Å². The van der Waals surface area contributed by atoms with Crippen molar-refractivity contribution in [2.75, 3.05) is 32.8 Å². The van der Waals surface area contributed by atoms with Gasteiger partial charge >= 0.3 is 10.2 Å². The molecule has 1 aromatic rings. The fraction of sp³-hybridized carbons (Fsp3) is 0.571. The fourth-order valence-electron chi connectivity index (χ4n) is 3.52. The van der Waals surface area contributed by atoms with Crippen LogP contribution in [0, 0.1) is 11.3 Å². The number of hydrogen-bond donors (Lipinski definition) is 2. The molecule has 0 aromatic heterocycles. The number of hydrogen-bond acceptors (Lipinski definition) is 7. The second-order valence-electron chi connectivity index (χ2n) is 7.63. The largest absolute Gasteiger partial charge is 0.494 e. The monoisotopic (exact) mass is 446 g/mol. The lowest BCUT2D eigenvalue weighted by Gasteiger charge is -2.26. The molecule has 31 heavy (non-hydrogen) atoms. The second kappa shape index (κ2) is 11.7. The summed E-state index contributed by atoms with van der Waals surface area (Å²) < 4.78 is 36.4. The molecular weight excluding hydrogens is 416 g/mol. The number of benzene rings is 1. The maximum atomic E-state index is 11.7. The molecule has 0 radical (unpaired) electrons. The molecule has 3 rings (SSSR count). The number of nitrogens with zero attached hydrogens (tertiary/aromatic N) is 4. The van der Waals surface area contributed by atoms with Crippen molar-refractivity contribution < 1.29 is 13.2 Å². The number of nitriles is 1. The molecule has 1 aromatic carbocycles. The molecule has 0 atom stereocenters. The Morgan fingerprint density at radius 2 is 1.77 bits per heavy atom. The Bertz CT molecular complexity index is 933. The van der Waals surface area contributed by atoms with Gasteiger partial charge in [-0.05, 0) is 56.5 Å². The highest BCUT2D eigenvalue weighted by Crippen LogP contribution is 2.17. The average molecular weight is 447 g/mol. The van der Waals surface area contributed by atoms with Crippen LogP contribution in [-0.4, -0.2) is 57.8 Å². The first-order valence-corrected chi connectivity index (χ1v) is 12.2. The molecule has 9 nitrogen and oxygen atoms in total. The van der Waals surface area contributed by atoms with Gasteiger partial charge in [-0.15, -0.1) is 8.80 Å². The highest BCUT2D eigenvalue weighted by atomic mass is 32.2. The van der Waals surface area contributed by atoms with Gasteiger partial charge in [0.1, 0.15) is 5.75 Å². The van der Waals surface area contributed by atoms with E-state index in [1.807, 2.05) is 18.2 Å². The van der Waals surface area contributed by atoms with Crippen molar-refractivity contribution in [2.24, 2.45) is 8.80 Å². The molecule has 0 saturated carbocycles. The summed E-state index contributed by atoms with van der Waals surface area (Å²) in [7, 11) is -3.84. The summed E-state index contributed by atoms with van der Waals surface area (Å²) in [6.45, 7) is 4.74. The predicted octanol–water partition coefficient (Wildman–Crippen LogP) is 1.98. The first-order valence-electron chi connectivity index (χ1n) is 10.8. The van der Waals surface area contributed by atoms with E-state index in [1.54, 1.807) is 0 Å². The minimum Gasteiger partial charge on any atom is -0.494 e. The van der Waals surface area contributed by atoms with Crippen molar-refractivity contribution in [1.29, 1.82) is 5.26 Å². The zero-order chi connectivity index (χ0) is 21.9. The molecular formula is C21H30N6O3S. The standard InChI is InChI=1S/C21H30N6O3S/c22-10-2-3-11-23-20-21(26-31(28,29)25-20)24-12-7-15-30-19-9-6-8-18(16-19)17-27-13-4-1-5-14-27/h6,8-9,16H,1-5,7,11-15,17H2,(H,23,25)(H,24,26). The van der Waals surface area contributed by atoms with Crippen LogP contribution >= 0.6 is 0 Å². The Morgan fingerprint density at radius 1 is 1.06 bits per heavy atom. The third-order valence-corrected chi connectivity index (χ3v) is 5.86. The Kier molecular flexibility index (Phi) is 8.67. The molecule has 0 bridgehead atoms. The molecule has 2 N–H and O–H groups in total. The topological polar surface area (TPSA) is 119 Å². The molecule has 0 spiro atoms. The van der Waals surface area contributed by atoms with Gasteiger partial charge in [-0.2, -0.15) is 13.7 Å². The van der Waals surface area contributed by atoms with Crippen molar-refractivity contribution in [1.82, 2.24) is 15.5 Å². The van der Waals surface area contributed by atoms with Crippen molar-refractivity contribution in [3.05, 3.63) is 29.8 Å². The SMILES string of the molecule is N#CCCCNC1=NS(=O)(=O)N=C1NCCCOc1cccc(CN2CCCCC2)c1. The first-order chi connectivity index (χ1) is 15.1. The van der Waals surface area contributed by atoms with Gasteiger partial charge in [0.25, 0.3) is 0 Å². The van der Waals surface area contributed by atoms with Crippen molar-refractivity contribution >= 4 is 21.9 Å². The minimum absolute atomic E-state index is 0.198. The van der Waals surface area contributed by atoms with E-state index in [0.717, 1.165) is 25.4 Å². The molecule has 10 heteroatoms. The number of rotatable bonds is 10. The maximum Gasteiger partial charge on any atom is 0.367 e. The Hall–Kier alpha value is -2.64. The van der Waals surface area contributed by atoms with Crippen LogP contribution < -0.4 is 15.4 Å². The zero-order valence-corrected chi connectivity index (χ0v) is 18.5. The highest BCUT2D eigenvalue weighted by molar-refractivity contribution is 7.89. The lowest BCUT2D eigenvalue weighted by molar-refractivity contribution is 0.220. The lowest BCUT2D eigenvalue weighted by Crippen LogP contribution is -2.39. The molecule has 0 unspecified atom stereocenters. The van der Waals surface area contributed by atoms with Crippen molar-refractivity contribution in [3.8, 4) is 11.8 Å². The van der Waals surface area contributed by atoms with E-state index in [4.69, 9.17) is 10.00 Å². The van der Waals surface area contributed by atoms with Crippen LogP contribution in [0.25, 0.3) is 0 Å². The number of unbranched alkanes of at least 4 members (excludes halogenated alkanes) is 1. The number of nitrogens with one attached hydrogen (secondary N) is 2. The third-order valence-electron chi connectivity index (χ3n) is 5.03. The van der Waals surface area contributed by atoms with E-state index in [9.17, 15) is 8.42 Å². The van der Waals surface area contributed by atoms with Gasteiger partial charge in [0.2, 0.25) is 0 Å². The van der Waals surface area contributed by atoms with Gasteiger partial charge in [0.05, 0.1) is 12.7 Å². The summed E-state index contributed by atoms with van der Waals surface area (Å²) in [6, 6.07) is 10.2. The Morgan fingerprint density at radius 3 is 2.48 bits per heavy atom. The van der Waals surface area contributed by atoms with Crippen LogP contribution in [0.15, 0.2) is 33.1 Å². The number of piperidine rings is 1. The van der Waals surface area contributed by atoms with Gasteiger partial charge in [-0.25, -0.2) is 0 Å². The van der Waals surface area contributed by atoms with Crippen LogP contribution in [0.1, 0.15) is 44.1 Å². The van der Waals surface area contributed by atoms with Crippen LogP contribution in [0.2, 0.25) is 0 Å². The van der Waals surface area contributed by atoms with E-state index >= 15 is 0 Å². The predicted molar refractivity (Wildman–Crippen MR) is 120 cm³/mol. The summed E-state index contributed by atoms with van der Waals surface area (Å²) in [4.78, 5) is 2.48. The molecule has 0 aliphatic carbocycles. The van der Waals surface area contributed by atoms with E-state index in [0.29, 0.717) is 39.0 Å². The average Bonchev–Trinajstić information content (AvgIpc) is 3.05. The Balaban J connectivity index is 1.39. The van der Waals surface area contributed by atoms with E-state index in [-0.39, 0.29) is 11.7 Å². The van der Waals surface area contributed by atoms with Crippen LogP contribution in [0.5, 0.6) is 5.75 Å². The number of likely N-dealkylation sites (tertiary alicyclic amines) is 1. The summed E-state index contributed by atoms with van der Waals surface area (Å²) >= 11 is 0. The smallest absolute Gasteiger partial charge is 0.367 e. The zero-order valence-electron chi connectivity index (χ0n) is 17.7. The minimum atomic E-state index is -3.84. The number of ether oxygens (including phenoxy) is 1. The fourth-order valence-corrected chi connectivity index (χ4v) is 4.33. The van der Waals surface area contributed by atoms with E-state index in [2.05, 4.69) is 36.5 Å². The molecule has 2 aliphatic heterocycles. The van der Waals surface area contributed by atoms with Crippen molar-refractivity contribution in [2.45, 2.75) is 45.1 Å². The third kappa shape index (κ3) is 7.84. The molecule has 2 heterocycles. The molecule has 2 aliphatic rings. The normalized spacial score (nSPS) is 18.0. The molecule has 168 valence electrons.